The number of ketones is 1. The van der Waals surface area contributed by atoms with Crippen molar-refractivity contribution in [2.45, 2.75) is 26.3 Å². The first kappa shape index (κ1) is 19.1. The summed E-state index contributed by atoms with van der Waals surface area (Å²) in [4.78, 5) is 12.4. The summed E-state index contributed by atoms with van der Waals surface area (Å²) < 4.78 is 25.2. The maximum atomic E-state index is 12.4. The Balaban J connectivity index is 1.86. The van der Waals surface area contributed by atoms with Gasteiger partial charge in [0.15, 0.2) is 15.6 Å². The molecule has 0 aliphatic carbocycles. The van der Waals surface area contributed by atoms with Gasteiger partial charge in [-0.15, -0.1) is 0 Å². The Bertz CT molecular complexity index is 1010. The molecule has 0 amide bonds. The number of rotatable bonds is 4. The second kappa shape index (κ2) is 7.18. The number of benzene rings is 1. The first-order valence-electron chi connectivity index (χ1n) is 8.11. The van der Waals surface area contributed by atoms with Gasteiger partial charge in [-0.3, -0.25) is 9.48 Å². The molecular formula is C18H18Cl2N2O3S. The minimum absolute atomic E-state index is 0.109. The molecule has 2 aromatic rings. The Morgan fingerprint density at radius 1 is 1.31 bits per heavy atom. The van der Waals surface area contributed by atoms with Crippen molar-refractivity contribution in [3.05, 3.63) is 56.8 Å². The van der Waals surface area contributed by atoms with E-state index in [1.54, 1.807) is 22.9 Å². The number of allylic oxidation sites excluding steroid dienone is 1. The number of hydrogen-bond acceptors (Lipinski definition) is 4. The molecule has 0 spiro atoms. The van der Waals surface area contributed by atoms with Crippen molar-refractivity contribution < 1.29 is 13.2 Å². The molecule has 0 bridgehead atoms. The van der Waals surface area contributed by atoms with E-state index in [1.165, 1.54) is 12.1 Å². The molecule has 2 heterocycles. The van der Waals surface area contributed by atoms with Crippen molar-refractivity contribution in [2.75, 3.05) is 11.5 Å². The molecule has 1 fully saturated rings. The molecule has 1 aromatic carbocycles. The molecule has 0 unspecified atom stereocenters. The molecule has 1 aliphatic heterocycles. The Morgan fingerprint density at radius 2 is 2.04 bits per heavy atom. The van der Waals surface area contributed by atoms with Crippen molar-refractivity contribution in [1.29, 1.82) is 0 Å². The lowest BCUT2D eigenvalue weighted by molar-refractivity contribution is 0.104. The highest BCUT2D eigenvalue weighted by atomic mass is 35.5. The number of carbonyl (C=O) groups excluding carboxylic acids is 1. The maximum Gasteiger partial charge on any atom is 0.187 e. The number of aromatic nitrogens is 2. The average Bonchev–Trinajstić information content (AvgIpc) is 3.04. The summed E-state index contributed by atoms with van der Waals surface area (Å²) in [5.41, 5.74) is 2.78. The quantitative estimate of drug-likeness (QED) is 0.560. The fourth-order valence-electron chi connectivity index (χ4n) is 3.18. The zero-order valence-electron chi connectivity index (χ0n) is 14.4. The minimum Gasteiger partial charge on any atom is -0.289 e. The van der Waals surface area contributed by atoms with Gasteiger partial charge in [-0.25, -0.2) is 8.42 Å². The summed E-state index contributed by atoms with van der Waals surface area (Å²) in [6.45, 7) is 3.72. The first-order chi connectivity index (χ1) is 12.2. The van der Waals surface area contributed by atoms with Crippen LogP contribution in [-0.4, -0.2) is 35.5 Å². The van der Waals surface area contributed by atoms with Gasteiger partial charge in [-0.2, -0.15) is 5.10 Å². The molecule has 8 heteroatoms. The number of aryl methyl sites for hydroxylation is 1. The molecule has 1 atom stereocenters. The first-order valence-corrected chi connectivity index (χ1v) is 10.7. The molecule has 0 radical (unpaired) electrons. The van der Waals surface area contributed by atoms with Crippen molar-refractivity contribution in [2.24, 2.45) is 0 Å². The zero-order chi connectivity index (χ0) is 19.1. The van der Waals surface area contributed by atoms with Gasteiger partial charge in [0, 0.05) is 21.8 Å². The summed E-state index contributed by atoms with van der Waals surface area (Å²) in [6.07, 6.45) is 3.71. The molecule has 5 nitrogen and oxygen atoms in total. The predicted molar refractivity (Wildman–Crippen MR) is 104 cm³/mol. The number of carbonyl (C=O) groups is 1. The Hall–Kier alpha value is -1.63. The van der Waals surface area contributed by atoms with E-state index >= 15 is 0 Å². The summed E-state index contributed by atoms with van der Waals surface area (Å²) >= 11 is 11.9. The highest BCUT2D eigenvalue weighted by Gasteiger charge is 2.31. The smallest absolute Gasteiger partial charge is 0.187 e. The van der Waals surface area contributed by atoms with Crippen LogP contribution in [0.3, 0.4) is 0 Å². The van der Waals surface area contributed by atoms with Crippen LogP contribution in [0.5, 0.6) is 0 Å². The molecule has 26 heavy (non-hydrogen) atoms. The van der Waals surface area contributed by atoms with Gasteiger partial charge in [0.25, 0.3) is 0 Å². The third-order valence-electron chi connectivity index (χ3n) is 4.53. The van der Waals surface area contributed by atoms with Gasteiger partial charge < -0.3 is 0 Å². The largest absolute Gasteiger partial charge is 0.289 e. The third-order valence-corrected chi connectivity index (χ3v) is 6.83. The van der Waals surface area contributed by atoms with Gasteiger partial charge in [-0.1, -0.05) is 23.2 Å². The van der Waals surface area contributed by atoms with E-state index in [2.05, 4.69) is 5.10 Å². The Labute approximate surface area is 162 Å². The SMILES string of the molecule is Cc1nn([C@H]2CCS(=O)(=O)C2)c(C)c1/C=C/C(=O)c1ccc(Cl)cc1Cl. The molecule has 1 aromatic heterocycles. The Kier molecular flexibility index (Phi) is 5.28. The van der Waals surface area contributed by atoms with E-state index in [1.807, 2.05) is 13.8 Å². The average molecular weight is 413 g/mol. The molecule has 0 saturated carbocycles. The highest BCUT2D eigenvalue weighted by molar-refractivity contribution is 7.91. The van der Waals surface area contributed by atoms with Crippen LogP contribution in [0, 0.1) is 13.8 Å². The van der Waals surface area contributed by atoms with Gasteiger partial charge in [0.1, 0.15) is 0 Å². The summed E-state index contributed by atoms with van der Waals surface area (Å²) in [5.74, 6) is 0.0632. The number of halogens is 2. The Morgan fingerprint density at radius 3 is 2.65 bits per heavy atom. The number of hydrogen-bond donors (Lipinski definition) is 0. The van der Waals surface area contributed by atoms with E-state index < -0.39 is 9.84 Å². The standard InChI is InChI=1S/C18H18Cl2N2O3S/c1-11-15(5-6-18(23)16-4-3-13(19)9-17(16)20)12(2)22(21-11)14-7-8-26(24,25)10-14/h3-6,9,14H,7-8,10H2,1-2H3/b6-5+/t14-/m0/s1. The highest BCUT2D eigenvalue weighted by Crippen LogP contribution is 2.27. The van der Waals surface area contributed by atoms with Crippen LogP contribution in [0.15, 0.2) is 24.3 Å². The van der Waals surface area contributed by atoms with E-state index in [-0.39, 0.29) is 23.3 Å². The van der Waals surface area contributed by atoms with Crippen molar-refractivity contribution in [3.63, 3.8) is 0 Å². The van der Waals surface area contributed by atoms with Gasteiger partial charge in [0.05, 0.1) is 28.3 Å². The number of sulfone groups is 1. The maximum absolute atomic E-state index is 12.4. The monoisotopic (exact) mass is 412 g/mol. The lowest BCUT2D eigenvalue weighted by Crippen LogP contribution is -2.13. The fraction of sp³-hybridized carbons (Fsp3) is 0.333. The lowest BCUT2D eigenvalue weighted by Gasteiger charge is -2.10. The molecule has 1 saturated heterocycles. The van der Waals surface area contributed by atoms with E-state index in [9.17, 15) is 13.2 Å². The van der Waals surface area contributed by atoms with Crippen LogP contribution < -0.4 is 0 Å². The molecule has 1 aliphatic rings. The summed E-state index contributed by atoms with van der Waals surface area (Å²) in [6, 6.07) is 4.58. The van der Waals surface area contributed by atoms with E-state index in [0.29, 0.717) is 22.0 Å². The number of nitrogens with zero attached hydrogens (tertiary/aromatic N) is 2. The summed E-state index contributed by atoms with van der Waals surface area (Å²) in [5, 5.41) is 5.25. The van der Waals surface area contributed by atoms with Crippen LogP contribution in [-0.2, 0) is 9.84 Å². The van der Waals surface area contributed by atoms with Crippen molar-refractivity contribution in [3.8, 4) is 0 Å². The summed E-state index contributed by atoms with van der Waals surface area (Å²) in [7, 11) is -2.99. The van der Waals surface area contributed by atoms with Crippen LogP contribution in [0.1, 0.15) is 39.8 Å². The van der Waals surface area contributed by atoms with Gasteiger partial charge in [0.2, 0.25) is 0 Å². The molecular weight excluding hydrogens is 395 g/mol. The predicted octanol–water partition coefficient (Wildman–Crippen LogP) is 4.06. The van der Waals surface area contributed by atoms with Crippen LogP contribution in [0.4, 0.5) is 0 Å². The second-order valence-corrected chi connectivity index (χ2v) is 9.48. The zero-order valence-corrected chi connectivity index (χ0v) is 16.7. The normalized spacial score (nSPS) is 19.3. The molecule has 3 rings (SSSR count). The molecule has 0 N–H and O–H groups in total. The van der Waals surface area contributed by atoms with Crippen LogP contribution >= 0.6 is 23.2 Å². The van der Waals surface area contributed by atoms with Crippen LogP contribution in [0.25, 0.3) is 6.08 Å². The van der Waals surface area contributed by atoms with E-state index in [0.717, 1.165) is 17.0 Å². The second-order valence-electron chi connectivity index (χ2n) is 6.41. The van der Waals surface area contributed by atoms with Crippen LogP contribution in [0.2, 0.25) is 10.0 Å². The lowest BCUT2D eigenvalue weighted by atomic mass is 10.1. The topological polar surface area (TPSA) is 69.0 Å². The van der Waals surface area contributed by atoms with E-state index in [4.69, 9.17) is 23.2 Å². The fourth-order valence-corrected chi connectivity index (χ4v) is 5.37. The van der Waals surface area contributed by atoms with Crippen molar-refractivity contribution >= 4 is 44.9 Å². The van der Waals surface area contributed by atoms with Gasteiger partial charge >= 0.3 is 0 Å². The minimum atomic E-state index is -2.99. The van der Waals surface area contributed by atoms with Gasteiger partial charge in [-0.05, 0) is 50.6 Å². The third kappa shape index (κ3) is 3.87. The van der Waals surface area contributed by atoms with Crippen molar-refractivity contribution in [1.82, 2.24) is 9.78 Å². The molecule has 138 valence electrons.